The van der Waals surface area contributed by atoms with E-state index in [-0.39, 0.29) is 34.8 Å². The first-order valence-corrected chi connectivity index (χ1v) is 13.0. The number of aromatic nitrogens is 3. The number of nitrogens with one attached hydrogen (secondary N) is 2. The smallest absolute Gasteiger partial charge is 0.251 e. The number of aromatic amines is 1. The van der Waals surface area contributed by atoms with E-state index in [0.29, 0.717) is 28.3 Å². The van der Waals surface area contributed by atoms with Gasteiger partial charge in [-0.2, -0.15) is 0 Å². The lowest BCUT2D eigenvalue weighted by Gasteiger charge is -2.40. The minimum atomic E-state index is -0.340. The molecule has 1 fully saturated rings. The number of carbonyl (C=O) groups is 1. The Bertz CT molecular complexity index is 1330. The number of H-pyrrole nitrogens is 1. The van der Waals surface area contributed by atoms with E-state index in [1.165, 1.54) is 19.5 Å². The molecule has 1 amide bonds. The van der Waals surface area contributed by atoms with Crippen LogP contribution < -0.4 is 20.4 Å². The summed E-state index contributed by atoms with van der Waals surface area (Å²) in [7, 11) is 5.74. The second-order valence-electron chi connectivity index (χ2n) is 9.71. The average molecular weight is 527 g/mol. The fraction of sp³-hybridized carbons (Fsp3) is 0.481. The summed E-state index contributed by atoms with van der Waals surface area (Å²) in [5, 5.41) is 3.38. The van der Waals surface area contributed by atoms with E-state index < -0.39 is 0 Å². The average Bonchev–Trinajstić information content (AvgIpc) is 2.90. The van der Waals surface area contributed by atoms with Crippen LogP contribution in [0.5, 0.6) is 5.88 Å². The molecule has 1 saturated carbocycles. The number of methoxy groups -OCH3 is 1. The highest BCUT2D eigenvalue weighted by Crippen LogP contribution is 2.34. The number of anilines is 1. The van der Waals surface area contributed by atoms with Crippen LogP contribution in [0.1, 0.15) is 54.1 Å². The van der Waals surface area contributed by atoms with Crippen LogP contribution in [0, 0.1) is 6.92 Å². The van der Waals surface area contributed by atoms with Gasteiger partial charge < -0.3 is 24.8 Å². The van der Waals surface area contributed by atoms with E-state index in [0.717, 1.165) is 43.5 Å². The molecule has 0 radical (unpaired) electrons. The molecule has 10 heteroatoms. The molecule has 3 aromatic rings. The molecule has 2 heterocycles. The molecule has 1 aliphatic carbocycles. The van der Waals surface area contributed by atoms with Crippen LogP contribution >= 0.6 is 11.6 Å². The van der Waals surface area contributed by atoms with E-state index in [9.17, 15) is 9.59 Å². The van der Waals surface area contributed by atoms with Gasteiger partial charge in [0, 0.05) is 47.3 Å². The van der Waals surface area contributed by atoms with E-state index in [2.05, 4.69) is 51.1 Å². The first-order chi connectivity index (χ1) is 17.7. The van der Waals surface area contributed by atoms with Gasteiger partial charge in [0.15, 0.2) is 11.2 Å². The van der Waals surface area contributed by atoms with Crippen molar-refractivity contribution in [2.45, 2.75) is 58.2 Å². The highest BCUT2D eigenvalue weighted by molar-refractivity contribution is 6.31. The van der Waals surface area contributed by atoms with Gasteiger partial charge in [-0.1, -0.05) is 11.6 Å². The van der Waals surface area contributed by atoms with E-state index in [1.807, 2.05) is 13.0 Å². The van der Waals surface area contributed by atoms with Gasteiger partial charge in [-0.3, -0.25) is 9.59 Å². The van der Waals surface area contributed by atoms with Gasteiger partial charge in [0.2, 0.25) is 11.3 Å². The Labute approximate surface area is 222 Å². The Kier molecular flexibility index (Phi) is 8.34. The predicted molar refractivity (Wildman–Crippen MR) is 147 cm³/mol. The molecule has 4 rings (SSSR count). The summed E-state index contributed by atoms with van der Waals surface area (Å²) in [4.78, 5) is 42.3. The summed E-state index contributed by atoms with van der Waals surface area (Å²) in [5.74, 6) is -0.0680. The molecule has 198 valence electrons. The van der Waals surface area contributed by atoms with E-state index >= 15 is 0 Å². The van der Waals surface area contributed by atoms with Crippen LogP contribution in [0.2, 0.25) is 5.02 Å². The third kappa shape index (κ3) is 5.57. The quantitative estimate of drug-likeness (QED) is 0.458. The van der Waals surface area contributed by atoms with Crippen LogP contribution in [0.25, 0.3) is 11.2 Å². The summed E-state index contributed by atoms with van der Waals surface area (Å²) in [6.07, 6.45) is 7.43. The molecule has 0 atom stereocenters. The van der Waals surface area contributed by atoms with Crippen LogP contribution in [0.3, 0.4) is 0 Å². The van der Waals surface area contributed by atoms with Crippen molar-refractivity contribution in [1.29, 1.82) is 0 Å². The highest BCUT2D eigenvalue weighted by atomic mass is 35.5. The fourth-order valence-electron chi connectivity index (χ4n) is 5.33. The van der Waals surface area contributed by atoms with Crippen molar-refractivity contribution in [3.8, 4) is 5.88 Å². The van der Waals surface area contributed by atoms with Crippen molar-refractivity contribution in [3.05, 3.63) is 56.5 Å². The molecule has 1 aliphatic rings. The topological polar surface area (TPSA) is 103 Å². The Morgan fingerprint density at radius 2 is 1.84 bits per heavy atom. The number of halogens is 1. The summed E-state index contributed by atoms with van der Waals surface area (Å²) < 4.78 is 5.36. The number of hydrogen-bond acceptors (Lipinski definition) is 7. The minimum absolute atomic E-state index is 0.0306. The standard InChI is InChI=1S/C27H35ClN6O3/c1-6-34(19-9-7-18(8-10-19)33(3)4)22-14-17(28)13-20(16(22)2)26(36)31-15-21-24(35)23-25(30-12-11-29-23)32-27(21)37-5/h11-14,18-19H,6-10,15H2,1-5H3,(H,31,36)(H,30,32,35). The molecule has 37 heavy (non-hydrogen) atoms. The summed E-state index contributed by atoms with van der Waals surface area (Å²) in [6.45, 7) is 4.88. The van der Waals surface area contributed by atoms with E-state index in [1.54, 1.807) is 6.07 Å². The van der Waals surface area contributed by atoms with Gasteiger partial charge >= 0.3 is 0 Å². The number of carbonyl (C=O) groups excluding carboxylic acids is 1. The van der Waals surface area contributed by atoms with Crippen LogP contribution in [0.4, 0.5) is 5.69 Å². The maximum absolute atomic E-state index is 13.3. The molecule has 0 bridgehead atoms. The lowest BCUT2D eigenvalue weighted by Crippen LogP contribution is -2.42. The number of amides is 1. The monoisotopic (exact) mass is 526 g/mol. The van der Waals surface area contributed by atoms with Crippen molar-refractivity contribution in [2.75, 3.05) is 32.6 Å². The first-order valence-electron chi connectivity index (χ1n) is 12.7. The Morgan fingerprint density at radius 3 is 2.49 bits per heavy atom. The first kappa shape index (κ1) is 26.9. The van der Waals surface area contributed by atoms with Gasteiger partial charge in [0.05, 0.1) is 19.2 Å². The fourth-order valence-corrected chi connectivity index (χ4v) is 5.55. The van der Waals surface area contributed by atoms with Crippen LogP contribution in [0.15, 0.2) is 29.3 Å². The molecule has 9 nitrogen and oxygen atoms in total. The molecule has 0 aliphatic heterocycles. The molecule has 2 aromatic heterocycles. The molecule has 0 saturated heterocycles. The third-order valence-electron chi connectivity index (χ3n) is 7.40. The Hall–Kier alpha value is -3.17. The Morgan fingerprint density at radius 1 is 1.16 bits per heavy atom. The van der Waals surface area contributed by atoms with Gasteiger partial charge in [0.1, 0.15) is 0 Å². The van der Waals surface area contributed by atoms with Crippen LogP contribution in [-0.4, -0.2) is 65.6 Å². The number of rotatable bonds is 8. The van der Waals surface area contributed by atoms with Crippen LogP contribution in [-0.2, 0) is 6.54 Å². The summed E-state index contributed by atoms with van der Waals surface area (Å²) >= 11 is 6.52. The number of hydrogen-bond donors (Lipinski definition) is 2. The summed E-state index contributed by atoms with van der Waals surface area (Å²) in [5.41, 5.74) is 2.78. The normalized spacial score (nSPS) is 17.7. The molecule has 1 aromatic carbocycles. The lowest BCUT2D eigenvalue weighted by atomic mass is 9.89. The summed E-state index contributed by atoms with van der Waals surface area (Å²) in [6, 6.07) is 4.64. The van der Waals surface area contributed by atoms with Gasteiger partial charge in [-0.25, -0.2) is 9.97 Å². The molecule has 2 N–H and O–H groups in total. The SMILES string of the molecule is CCN(c1cc(Cl)cc(C(=O)NCc2c(OC)[nH]c3nccnc3c2=O)c1C)C1CCC(N(C)C)CC1. The molecular formula is C27H35ClN6O3. The van der Waals surface area contributed by atoms with Gasteiger partial charge in [-0.05, 0) is 71.3 Å². The number of ether oxygens (including phenoxy) is 1. The zero-order chi connectivity index (χ0) is 26.7. The maximum Gasteiger partial charge on any atom is 0.251 e. The predicted octanol–water partition coefficient (Wildman–Crippen LogP) is 3.92. The Balaban J connectivity index is 1.58. The highest BCUT2D eigenvalue weighted by Gasteiger charge is 2.28. The second-order valence-corrected chi connectivity index (χ2v) is 10.1. The van der Waals surface area contributed by atoms with Crippen molar-refractivity contribution in [2.24, 2.45) is 0 Å². The number of fused-ring (bicyclic) bond motifs is 1. The number of pyridine rings is 1. The second kappa shape index (κ2) is 11.5. The zero-order valence-electron chi connectivity index (χ0n) is 22.1. The van der Waals surface area contributed by atoms with Gasteiger partial charge in [-0.15, -0.1) is 0 Å². The van der Waals surface area contributed by atoms with Crippen molar-refractivity contribution in [1.82, 2.24) is 25.2 Å². The number of nitrogens with zero attached hydrogens (tertiary/aromatic N) is 4. The molecule has 0 spiro atoms. The van der Waals surface area contributed by atoms with Gasteiger partial charge in [0.25, 0.3) is 5.91 Å². The van der Waals surface area contributed by atoms with Crippen molar-refractivity contribution < 1.29 is 9.53 Å². The molecular weight excluding hydrogens is 492 g/mol. The van der Waals surface area contributed by atoms with E-state index in [4.69, 9.17) is 16.3 Å². The number of benzene rings is 1. The van der Waals surface area contributed by atoms with Crippen molar-refractivity contribution in [3.63, 3.8) is 0 Å². The minimum Gasteiger partial charge on any atom is -0.482 e. The largest absolute Gasteiger partial charge is 0.482 e. The maximum atomic E-state index is 13.3. The zero-order valence-corrected chi connectivity index (χ0v) is 22.9. The lowest BCUT2D eigenvalue weighted by molar-refractivity contribution is 0.0950. The third-order valence-corrected chi connectivity index (χ3v) is 7.62. The van der Waals surface area contributed by atoms with Crippen molar-refractivity contribution >= 4 is 34.4 Å². The molecule has 0 unspecified atom stereocenters.